The van der Waals surface area contributed by atoms with Crippen LogP contribution in [0.2, 0.25) is 0 Å². The molecule has 1 saturated heterocycles. The van der Waals surface area contributed by atoms with Crippen LogP contribution in [0.15, 0.2) is 5.16 Å². The molecule has 0 saturated carbocycles. The third-order valence-electron chi connectivity index (χ3n) is 1.50. The lowest BCUT2D eigenvalue weighted by atomic mass is 10.2. The Morgan fingerprint density at radius 1 is 1.58 bits per heavy atom. The summed E-state index contributed by atoms with van der Waals surface area (Å²) in [5.74, 6) is 0. The predicted octanol–water partition coefficient (Wildman–Crippen LogP) is 2.43. The summed E-state index contributed by atoms with van der Waals surface area (Å²) < 4.78 is 4.90. The van der Waals surface area contributed by atoms with Crippen LogP contribution < -0.4 is 0 Å². The first kappa shape index (κ1) is 11.4. The minimum absolute atomic E-state index is 0.250. The molecule has 72 valence electrons. The molecule has 0 aromatic carbocycles. The Labute approximate surface area is 74.4 Å². The minimum atomic E-state index is 0.250. The van der Waals surface area contributed by atoms with Gasteiger partial charge in [0.2, 0.25) is 0 Å². The molecule has 1 aliphatic heterocycles. The molecule has 0 bridgehead atoms. The lowest BCUT2D eigenvalue weighted by Gasteiger charge is -1.87. The summed E-state index contributed by atoms with van der Waals surface area (Å²) in [5.41, 5.74) is 1.06. The van der Waals surface area contributed by atoms with Crippen LogP contribution in [0.1, 0.15) is 40.5 Å². The van der Waals surface area contributed by atoms with E-state index in [1.807, 2.05) is 6.92 Å². The molecule has 1 N–H and O–H groups in total. The second kappa shape index (κ2) is 5.14. The van der Waals surface area contributed by atoms with Crippen molar-refractivity contribution in [2.75, 3.05) is 6.61 Å². The Bertz CT molecular complexity index is 147. The highest BCUT2D eigenvalue weighted by Gasteiger charge is 2.32. The largest absolute Gasteiger partial charge is 0.411 e. The molecular formula is C9H19NO2. The average molecular weight is 173 g/mol. The van der Waals surface area contributed by atoms with Crippen LogP contribution in [0.25, 0.3) is 0 Å². The van der Waals surface area contributed by atoms with Crippen LogP contribution in [-0.4, -0.2) is 23.1 Å². The van der Waals surface area contributed by atoms with E-state index in [0.717, 1.165) is 25.2 Å². The maximum atomic E-state index is 8.05. The summed E-state index contributed by atoms with van der Waals surface area (Å²) in [7, 11) is 0. The van der Waals surface area contributed by atoms with Crippen LogP contribution in [0.4, 0.5) is 0 Å². The van der Waals surface area contributed by atoms with Gasteiger partial charge in [0.15, 0.2) is 0 Å². The summed E-state index contributed by atoms with van der Waals surface area (Å²) in [6, 6.07) is 0. The molecular weight excluding hydrogens is 154 g/mol. The number of rotatable bonds is 2. The fraction of sp³-hybridized carbons (Fsp3) is 0.889. The van der Waals surface area contributed by atoms with Gasteiger partial charge in [0, 0.05) is 0 Å². The van der Waals surface area contributed by atoms with E-state index in [1.165, 1.54) is 0 Å². The average Bonchev–Trinajstić information content (AvgIpc) is 2.68. The number of hydrogen-bond acceptors (Lipinski definition) is 3. The highest BCUT2D eigenvalue weighted by Crippen LogP contribution is 2.23. The number of ether oxygens (including phenoxy) is 1. The van der Waals surface area contributed by atoms with Crippen molar-refractivity contribution in [1.29, 1.82) is 0 Å². The molecule has 0 spiro atoms. The fourth-order valence-corrected chi connectivity index (χ4v) is 0.556. The van der Waals surface area contributed by atoms with Crippen molar-refractivity contribution in [3.63, 3.8) is 0 Å². The van der Waals surface area contributed by atoms with Gasteiger partial charge in [0.1, 0.15) is 0 Å². The molecule has 1 aliphatic rings. The first-order valence-electron chi connectivity index (χ1n) is 4.33. The summed E-state index contributed by atoms with van der Waals surface area (Å²) in [6.45, 7) is 8.96. The van der Waals surface area contributed by atoms with Crippen molar-refractivity contribution >= 4 is 5.71 Å². The van der Waals surface area contributed by atoms with E-state index in [9.17, 15) is 0 Å². The van der Waals surface area contributed by atoms with Gasteiger partial charge in [-0.25, -0.2) is 0 Å². The normalized spacial score (nSPS) is 19.5. The summed E-state index contributed by atoms with van der Waals surface area (Å²) in [6.07, 6.45) is 1.95. The second-order valence-corrected chi connectivity index (χ2v) is 3.63. The van der Waals surface area contributed by atoms with Crippen molar-refractivity contribution in [1.82, 2.24) is 0 Å². The van der Waals surface area contributed by atoms with Gasteiger partial charge < -0.3 is 9.94 Å². The fourth-order valence-electron chi connectivity index (χ4n) is 0.556. The number of epoxide rings is 1. The van der Waals surface area contributed by atoms with Gasteiger partial charge in [-0.1, -0.05) is 18.5 Å². The third kappa shape index (κ3) is 7.54. The zero-order valence-corrected chi connectivity index (χ0v) is 8.42. The van der Waals surface area contributed by atoms with E-state index in [4.69, 9.17) is 9.94 Å². The topological polar surface area (TPSA) is 45.1 Å². The Balaban J connectivity index is 0.000000211. The SMILES string of the molecule is CC1(C)CO1.CCCC(C)=NO. The molecule has 3 nitrogen and oxygen atoms in total. The molecule has 1 heterocycles. The zero-order valence-electron chi connectivity index (χ0n) is 8.42. The summed E-state index contributed by atoms with van der Waals surface area (Å²) in [4.78, 5) is 0. The van der Waals surface area contributed by atoms with Gasteiger partial charge in [-0.3, -0.25) is 0 Å². The molecule has 3 heteroatoms. The van der Waals surface area contributed by atoms with Gasteiger partial charge in [0.25, 0.3) is 0 Å². The molecule has 12 heavy (non-hydrogen) atoms. The molecule has 0 aromatic rings. The van der Waals surface area contributed by atoms with Crippen LogP contribution in [0, 0.1) is 0 Å². The summed E-state index contributed by atoms with van der Waals surface area (Å²) in [5, 5.41) is 11.0. The monoisotopic (exact) mass is 173 g/mol. The van der Waals surface area contributed by atoms with Crippen molar-refractivity contribution < 1.29 is 9.94 Å². The van der Waals surface area contributed by atoms with Gasteiger partial charge >= 0.3 is 0 Å². The first-order valence-corrected chi connectivity index (χ1v) is 4.33. The third-order valence-corrected chi connectivity index (χ3v) is 1.50. The molecule has 1 fully saturated rings. The molecule has 0 aromatic heterocycles. The Morgan fingerprint density at radius 3 is 2.08 bits per heavy atom. The van der Waals surface area contributed by atoms with Crippen molar-refractivity contribution in [2.45, 2.75) is 46.1 Å². The Morgan fingerprint density at radius 2 is 2.00 bits per heavy atom. The zero-order chi connectivity index (χ0) is 9.61. The van der Waals surface area contributed by atoms with Crippen LogP contribution >= 0.6 is 0 Å². The van der Waals surface area contributed by atoms with E-state index in [1.54, 1.807) is 0 Å². The number of oxime groups is 1. The van der Waals surface area contributed by atoms with Gasteiger partial charge in [0.05, 0.1) is 17.9 Å². The van der Waals surface area contributed by atoms with Crippen molar-refractivity contribution in [2.24, 2.45) is 5.16 Å². The van der Waals surface area contributed by atoms with Crippen LogP contribution in [0.5, 0.6) is 0 Å². The summed E-state index contributed by atoms with van der Waals surface area (Å²) >= 11 is 0. The maximum Gasteiger partial charge on any atom is 0.0860 e. The smallest absolute Gasteiger partial charge is 0.0860 e. The highest BCUT2D eigenvalue weighted by molar-refractivity contribution is 5.81. The quantitative estimate of drug-likeness (QED) is 0.302. The van der Waals surface area contributed by atoms with Crippen molar-refractivity contribution in [3.05, 3.63) is 0 Å². The molecule has 0 aliphatic carbocycles. The van der Waals surface area contributed by atoms with Gasteiger partial charge in [-0.2, -0.15) is 0 Å². The predicted molar refractivity (Wildman–Crippen MR) is 49.8 cm³/mol. The van der Waals surface area contributed by atoms with E-state index in [0.29, 0.717) is 0 Å². The molecule has 0 amide bonds. The highest BCUT2D eigenvalue weighted by atomic mass is 16.6. The van der Waals surface area contributed by atoms with E-state index < -0.39 is 0 Å². The number of nitrogens with zero attached hydrogens (tertiary/aromatic N) is 1. The van der Waals surface area contributed by atoms with Crippen molar-refractivity contribution in [3.8, 4) is 0 Å². The lowest BCUT2D eigenvalue weighted by Crippen LogP contribution is -1.90. The maximum absolute atomic E-state index is 8.05. The molecule has 1 rings (SSSR count). The molecule has 0 unspecified atom stereocenters. The van der Waals surface area contributed by atoms with E-state index >= 15 is 0 Å². The number of hydrogen-bond donors (Lipinski definition) is 1. The Kier molecular flexibility index (Phi) is 4.90. The van der Waals surface area contributed by atoms with E-state index in [-0.39, 0.29) is 5.60 Å². The van der Waals surface area contributed by atoms with Crippen LogP contribution in [-0.2, 0) is 4.74 Å². The first-order chi connectivity index (χ1) is 5.52. The second-order valence-electron chi connectivity index (χ2n) is 3.63. The van der Waals surface area contributed by atoms with Crippen LogP contribution in [0.3, 0.4) is 0 Å². The van der Waals surface area contributed by atoms with Gasteiger partial charge in [-0.05, 0) is 27.2 Å². The molecule has 0 radical (unpaired) electrons. The lowest BCUT2D eigenvalue weighted by molar-refractivity contribution is 0.317. The van der Waals surface area contributed by atoms with Gasteiger partial charge in [-0.15, -0.1) is 0 Å². The Hall–Kier alpha value is -0.570. The minimum Gasteiger partial charge on any atom is -0.411 e. The molecule has 0 atom stereocenters. The standard InChI is InChI=1S/C5H11NO.C4H8O/c1-3-4-5(2)6-7;1-4(2)3-5-4/h7H,3-4H2,1-2H3;3H2,1-2H3. The van der Waals surface area contributed by atoms with E-state index in [2.05, 4.69) is 25.9 Å².